The van der Waals surface area contributed by atoms with Crippen LogP contribution in [0.2, 0.25) is 0 Å². The molecular formula is C21H28N2O5. The summed E-state index contributed by atoms with van der Waals surface area (Å²) in [5.74, 6) is -1.00. The van der Waals surface area contributed by atoms with E-state index in [-0.39, 0.29) is 30.7 Å². The maximum absolute atomic E-state index is 13.0. The van der Waals surface area contributed by atoms with Gasteiger partial charge in [-0.2, -0.15) is 0 Å². The van der Waals surface area contributed by atoms with Crippen LogP contribution >= 0.6 is 0 Å². The molecule has 2 amide bonds. The van der Waals surface area contributed by atoms with Crippen molar-refractivity contribution in [3.05, 3.63) is 24.3 Å². The van der Waals surface area contributed by atoms with Crippen molar-refractivity contribution in [1.29, 1.82) is 0 Å². The Bertz CT molecular complexity index is 778. The number of amides is 2. The van der Waals surface area contributed by atoms with Crippen LogP contribution in [0.4, 0.5) is 5.69 Å². The number of rotatable bonds is 6. The fourth-order valence-corrected chi connectivity index (χ4v) is 4.24. The number of carbonyl (C=O) groups excluding carboxylic acids is 2. The number of hydrogen-bond donors (Lipinski definition) is 1. The first-order valence-corrected chi connectivity index (χ1v) is 9.84. The lowest BCUT2D eigenvalue weighted by molar-refractivity contribution is -0.151. The Kier molecular flexibility index (Phi) is 5.63. The molecule has 2 fully saturated rings. The first kappa shape index (κ1) is 20.2. The number of carboxylic acid groups (broad SMARTS) is 1. The van der Waals surface area contributed by atoms with Crippen LogP contribution in [0, 0.1) is 17.3 Å². The van der Waals surface area contributed by atoms with Crippen molar-refractivity contribution >= 4 is 23.5 Å². The predicted molar refractivity (Wildman–Crippen MR) is 104 cm³/mol. The molecule has 7 nitrogen and oxygen atoms in total. The van der Waals surface area contributed by atoms with Crippen molar-refractivity contribution in [2.75, 3.05) is 31.1 Å². The smallest absolute Gasteiger partial charge is 0.311 e. The molecule has 1 N–H and O–H groups in total. The molecule has 0 aromatic heterocycles. The maximum Gasteiger partial charge on any atom is 0.311 e. The van der Waals surface area contributed by atoms with Crippen LogP contribution in [-0.2, 0) is 14.4 Å². The Labute approximate surface area is 165 Å². The second kappa shape index (κ2) is 7.81. The lowest BCUT2D eigenvalue weighted by atomic mass is 9.76. The van der Waals surface area contributed by atoms with Gasteiger partial charge in [-0.1, -0.05) is 26.0 Å². The molecule has 2 heterocycles. The third-order valence-electron chi connectivity index (χ3n) is 6.07. The van der Waals surface area contributed by atoms with Gasteiger partial charge in [-0.25, -0.2) is 0 Å². The van der Waals surface area contributed by atoms with Crippen LogP contribution in [0.5, 0.6) is 5.75 Å². The zero-order valence-electron chi connectivity index (χ0n) is 16.7. The summed E-state index contributed by atoms with van der Waals surface area (Å²) in [6.45, 7) is 7.05. The number of nitrogens with zero attached hydrogens (tertiary/aromatic N) is 2. The van der Waals surface area contributed by atoms with E-state index in [0.717, 1.165) is 0 Å². The summed E-state index contributed by atoms with van der Waals surface area (Å²) in [5, 5.41) is 9.70. The van der Waals surface area contributed by atoms with E-state index in [0.29, 0.717) is 37.6 Å². The van der Waals surface area contributed by atoms with Crippen molar-refractivity contribution in [3.8, 4) is 5.75 Å². The van der Waals surface area contributed by atoms with Gasteiger partial charge in [0.05, 0.1) is 23.6 Å². The Morgan fingerprint density at radius 1 is 1.32 bits per heavy atom. The Hall–Kier alpha value is -2.57. The molecule has 2 aliphatic rings. The maximum atomic E-state index is 13.0. The second-order valence-electron chi connectivity index (χ2n) is 7.93. The van der Waals surface area contributed by atoms with Crippen LogP contribution in [0.25, 0.3) is 0 Å². The quantitative estimate of drug-likeness (QED) is 0.809. The molecular weight excluding hydrogens is 360 g/mol. The van der Waals surface area contributed by atoms with Gasteiger partial charge in [-0.15, -0.1) is 0 Å². The highest BCUT2D eigenvalue weighted by molar-refractivity contribution is 6.01. The molecule has 0 saturated carbocycles. The fraction of sp³-hybridized carbons (Fsp3) is 0.571. The molecule has 0 bridgehead atoms. The number of carbonyl (C=O) groups is 3. The van der Waals surface area contributed by atoms with Gasteiger partial charge in [0.15, 0.2) is 0 Å². The molecule has 7 heteroatoms. The summed E-state index contributed by atoms with van der Waals surface area (Å²) in [6.07, 6.45) is 0.584. The van der Waals surface area contributed by atoms with E-state index < -0.39 is 17.3 Å². The van der Waals surface area contributed by atoms with Crippen molar-refractivity contribution < 1.29 is 24.2 Å². The largest absolute Gasteiger partial charge is 0.492 e. The number of anilines is 1. The first-order valence-electron chi connectivity index (χ1n) is 9.84. The van der Waals surface area contributed by atoms with E-state index in [4.69, 9.17) is 4.74 Å². The van der Waals surface area contributed by atoms with Crippen LogP contribution in [0.1, 0.15) is 33.6 Å². The van der Waals surface area contributed by atoms with Crippen molar-refractivity contribution in [2.45, 2.75) is 33.6 Å². The van der Waals surface area contributed by atoms with Gasteiger partial charge >= 0.3 is 5.97 Å². The average Bonchev–Trinajstić information content (AvgIpc) is 3.27. The van der Waals surface area contributed by atoms with Gasteiger partial charge < -0.3 is 19.6 Å². The van der Waals surface area contributed by atoms with E-state index >= 15 is 0 Å². The molecule has 2 atom stereocenters. The number of benzene rings is 1. The topological polar surface area (TPSA) is 87.2 Å². The Morgan fingerprint density at radius 3 is 2.64 bits per heavy atom. The van der Waals surface area contributed by atoms with Crippen LogP contribution < -0.4 is 9.64 Å². The third-order valence-corrected chi connectivity index (χ3v) is 6.07. The normalized spacial score (nSPS) is 24.9. The number of hydrogen-bond acceptors (Lipinski definition) is 4. The molecule has 152 valence electrons. The monoisotopic (exact) mass is 388 g/mol. The number of aliphatic carboxylic acids is 1. The van der Waals surface area contributed by atoms with Crippen molar-refractivity contribution in [1.82, 2.24) is 4.90 Å². The molecule has 28 heavy (non-hydrogen) atoms. The zero-order valence-corrected chi connectivity index (χ0v) is 16.7. The molecule has 0 radical (unpaired) electrons. The number of para-hydroxylation sites is 2. The third kappa shape index (κ3) is 3.45. The van der Waals surface area contributed by atoms with Crippen LogP contribution in [0.3, 0.4) is 0 Å². The van der Waals surface area contributed by atoms with Gasteiger partial charge in [0.2, 0.25) is 11.8 Å². The minimum atomic E-state index is -0.903. The van der Waals surface area contributed by atoms with E-state index in [1.807, 2.05) is 45.0 Å². The zero-order chi connectivity index (χ0) is 20.5. The highest BCUT2D eigenvalue weighted by Gasteiger charge is 2.50. The van der Waals surface area contributed by atoms with Crippen molar-refractivity contribution in [3.63, 3.8) is 0 Å². The van der Waals surface area contributed by atoms with Crippen LogP contribution in [-0.4, -0.2) is 54.0 Å². The minimum absolute atomic E-state index is 0.0671. The summed E-state index contributed by atoms with van der Waals surface area (Å²) in [4.78, 5) is 40.7. The number of likely N-dealkylation sites (tertiary alicyclic amines) is 1. The summed E-state index contributed by atoms with van der Waals surface area (Å²) in [6, 6.07) is 7.31. The molecule has 1 aromatic carbocycles. The molecule has 2 unspecified atom stereocenters. The predicted octanol–water partition coefficient (Wildman–Crippen LogP) is 2.40. The number of ether oxygens (including phenoxy) is 1. The summed E-state index contributed by atoms with van der Waals surface area (Å²) >= 11 is 0. The van der Waals surface area contributed by atoms with Gasteiger partial charge in [0.1, 0.15) is 5.75 Å². The summed E-state index contributed by atoms with van der Waals surface area (Å²) in [5.41, 5.74) is -0.229. The highest BCUT2D eigenvalue weighted by atomic mass is 16.5. The van der Waals surface area contributed by atoms with E-state index in [9.17, 15) is 19.5 Å². The van der Waals surface area contributed by atoms with E-state index in [1.165, 1.54) is 0 Å². The molecule has 2 saturated heterocycles. The summed E-state index contributed by atoms with van der Waals surface area (Å²) < 4.78 is 5.62. The lowest BCUT2D eigenvalue weighted by Gasteiger charge is -2.29. The van der Waals surface area contributed by atoms with Crippen molar-refractivity contribution in [2.24, 2.45) is 17.3 Å². The van der Waals surface area contributed by atoms with E-state index in [1.54, 1.807) is 9.80 Å². The second-order valence-corrected chi connectivity index (χ2v) is 7.93. The SMILES string of the molecule is CCOc1ccccc1N1CC(C(=O)N2CCC(C(=O)O)(C(C)C)C2)CC1=O. The molecule has 1 aromatic rings. The minimum Gasteiger partial charge on any atom is -0.492 e. The summed E-state index contributed by atoms with van der Waals surface area (Å²) in [7, 11) is 0. The molecule has 3 rings (SSSR count). The van der Waals surface area contributed by atoms with Gasteiger partial charge in [-0.3, -0.25) is 14.4 Å². The first-order chi connectivity index (χ1) is 13.3. The van der Waals surface area contributed by atoms with Gasteiger partial charge in [0, 0.05) is 26.1 Å². The van der Waals surface area contributed by atoms with Crippen LogP contribution in [0.15, 0.2) is 24.3 Å². The van der Waals surface area contributed by atoms with Gasteiger partial charge in [-0.05, 0) is 31.4 Å². The average molecular weight is 388 g/mol. The lowest BCUT2D eigenvalue weighted by Crippen LogP contribution is -2.42. The molecule has 2 aliphatic heterocycles. The molecule has 0 spiro atoms. The Balaban J connectivity index is 1.74. The molecule has 0 aliphatic carbocycles. The highest BCUT2D eigenvalue weighted by Crippen LogP contribution is 2.40. The fourth-order valence-electron chi connectivity index (χ4n) is 4.24. The Morgan fingerprint density at radius 2 is 2.04 bits per heavy atom. The van der Waals surface area contributed by atoms with Gasteiger partial charge in [0.25, 0.3) is 0 Å². The standard InChI is InChI=1S/C21H28N2O5/c1-4-28-17-8-6-5-7-16(17)23-12-15(11-18(23)24)19(25)22-10-9-21(13-22,14(2)3)20(26)27/h5-8,14-15H,4,9-13H2,1-3H3,(H,26,27). The van der Waals surface area contributed by atoms with E-state index in [2.05, 4.69) is 0 Å². The number of carboxylic acids is 1.